The van der Waals surface area contributed by atoms with Crippen LogP contribution in [0.15, 0.2) is 40.0 Å². The first-order valence-corrected chi connectivity index (χ1v) is 11.8. The quantitative estimate of drug-likeness (QED) is 0.458. The van der Waals surface area contributed by atoms with Gasteiger partial charge in [0.1, 0.15) is 15.4 Å². The molecule has 1 fully saturated rings. The lowest BCUT2D eigenvalue weighted by atomic mass is 10.0. The number of nitrogens with two attached hydrogens (primary N) is 1. The largest absolute Gasteiger partial charge is 0.382 e. The number of amides is 2. The summed E-state index contributed by atoms with van der Waals surface area (Å²) in [6.45, 7) is 0. The number of hydrogen-bond acceptors (Lipinski definition) is 6. The Hall–Kier alpha value is -2.92. The van der Waals surface area contributed by atoms with Crippen molar-refractivity contribution in [3.8, 4) is 0 Å². The van der Waals surface area contributed by atoms with Gasteiger partial charge in [-0.1, -0.05) is 33.2 Å². The van der Waals surface area contributed by atoms with E-state index in [9.17, 15) is 18.4 Å². The number of oxime groups is 1. The molecule has 0 radical (unpaired) electrons. The van der Waals surface area contributed by atoms with E-state index in [1.165, 1.54) is 6.07 Å². The number of hydrogen-bond donors (Lipinski definition) is 2. The second-order valence-electron chi connectivity index (χ2n) is 7.90. The van der Waals surface area contributed by atoms with E-state index >= 15 is 0 Å². The molecule has 0 saturated heterocycles. The first kappa shape index (κ1) is 21.9. The number of rotatable bonds is 6. The van der Waals surface area contributed by atoms with Crippen LogP contribution in [0.2, 0.25) is 0 Å². The van der Waals surface area contributed by atoms with E-state index in [0.29, 0.717) is 16.7 Å². The van der Waals surface area contributed by atoms with Crippen LogP contribution in [0.25, 0.3) is 10.2 Å². The number of primary amides is 1. The summed E-state index contributed by atoms with van der Waals surface area (Å²) in [7, 11) is 0. The van der Waals surface area contributed by atoms with Crippen molar-refractivity contribution in [3.05, 3.63) is 56.5 Å². The Labute approximate surface area is 199 Å². The highest BCUT2D eigenvalue weighted by Crippen LogP contribution is 2.48. The number of carbonyl (C=O) groups excluding carboxylic acids is 2. The third-order valence-electron chi connectivity index (χ3n) is 5.54. The smallest absolute Gasteiger partial charge is 0.280 e. The molecule has 33 heavy (non-hydrogen) atoms. The van der Waals surface area contributed by atoms with E-state index in [0.717, 1.165) is 34.2 Å². The van der Waals surface area contributed by atoms with Gasteiger partial charge in [0.15, 0.2) is 0 Å². The topological polar surface area (TPSA) is 107 Å². The number of carbonyl (C=O) groups is 2. The van der Waals surface area contributed by atoms with Crippen LogP contribution in [0, 0.1) is 0 Å². The molecule has 2 aromatic heterocycles. The third-order valence-corrected chi connectivity index (χ3v) is 7.14. The van der Waals surface area contributed by atoms with Crippen molar-refractivity contribution in [2.24, 2.45) is 10.9 Å². The molecular formula is C22H17BrF2N4O3S. The normalized spacial score (nSPS) is 17.8. The van der Waals surface area contributed by atoms with Gasteiger partial charge in [0.2, 0.25) is 6.10 Å². The van der Waals surface area contributed by atoms with Crippen LogP contribution >= 0.6 is 27.3 Å². The zero-order valence-corrected chi connectivity index (χ0v) is 19.4. The predicted octanol–water partition coefficient (Wildman–Crippen LogP) is 5.10. The Morgan fingerprint density at radius 1 is 1.27 bits per heavy atom. The summed E-state index contributed by atoms with van der Waals surface area (Å²) >= 11 is 4.30. The van der Waals surface area contributed by atoms with Gasteiger partial charge in [0.25, 0.3) is 18.2 Å². The van der Waals surface area contributed by atoms with Crippen LogP contribution < -0.4 is 11.1 Å². The zero-order valence-electron chi connectivity index (χ0n) is 17.0. The maximum atomic E-state index is 13.4. The van der Waals surface area contributed by atoms with Crippen molar-refractivity contribution in [1.82, 2.24) is 4.98 Å². The Morgan fingerprint density at radius 2 is 2.06 bits per heavy atom. The molecule has 1 atom stereocenters. The van der Waals surface area contributed by atoms with Gasteiger partial charge in [0.05, 0.1) is 11.4 Å². The number of alkyl halides is 2. The van der Waals surface area contributed by atoms with Gasteiger partial charge in [0, 0.05) is 21.8 Å². The molecule has 2 aliphatic rings. The van der Waals surface area contributed by atoms with E-state index in [2.05, 4.69) is 31.4 Å². The van der Waals surface area contributed by atoms with Crippen LogP contribution in [0.5, 0.6) is 0 Å². The summed E-state index contributed by atoms with van der Waals surface area (Å²) in [5.41, 5.74) is 7.46. The van der Waals surface area contributed by atoms with Crippen molar-refractivity contribution in [1.29, 1.82) is 0 Å². The number of thiophene rings is 1. The maximum absolute atomic E-state index is 13.4. The molecule has 0 bridgehead atoms. The summed E-state index contributed by atoms with van der Waals surface area (Å²) in [6.07, 6.45) is -1.74. The Kier molecular flexibility index (Phi) is 5.61. The van der Waals surface area contributed by atoms with Crippen LogP contribution in [-0.2, 0) is 9.63 Å². The first-order chi connectivity index (χ1) is 15.8. The second-order valence-corrected chi connectivity index (χ2v) is 9.81. The highest BCUT2D eigenvalue weighted by atomic mass is 79.9. The Balaban J connectivity index is 1.47. The average molecular weight is 535 g/mol. The predicted molar refractivity (Wildman–Crippen MR) is 124 cm³/mol. The Bertz CT molecular complexity index is 1320. The summed E-state index contributed by atoms with van der Waals surface area (Å²) < 4.78 is 27.6. The molecule has 1 unspecified atom stereocenters. The lowest BCUT2D eigenvalue weighted by Gasteiger charge is -2.12. The van der Waals surface area contributed by atoms with Crippen LogP contribution in [0.1, 0.15) is 58.1 Å². The van der Waals surface area contributed by atoms with Gasteiger partial charge in [-0.15, -0.1) is 11.3 Å². The summed E-state index contributed by atoms with van der Waals surface area (Å²) in [5, 5.41) is 7.27. The number of nitrogens with one attached hydrogen (secondary N) is 1. The molecule has 3 aromatic rings. The minimum Gasteiger partial charge on any atom is -0.382 e. The van der Waals surface area contributed by atoms with Gasteiger partial charge in [-0.05, 0) is 42.5 Å². The van der Waals surface area contributed by atoms with Gasteiger partial charge in [-0.2, -0.15) is 0 Å². The third kappa shape index (κ3) is 4.22. The molecule has 3 N–H and O–H groups in total. The summed E-state index contributed by atoms with van der Waals surface area (Å²) in [4.78, 5) is 34.9. The number of pyridine rings is 1. The van der Waals surface area contributed by atoms with Gasteiger partial charge in [-0.3, -0.25) is 9.59 Å². The molecule has 5 rings (SSSR count). The highest BCUT2D eigenvalue weighted by Gasteiger charge is 2.34. The molecule has 3 heterocycles. The molecule has 1 aliphatic heterocycles. The standard InChI is InChI=1S/C22H17BrF2N4O3S/c23-11-3-1-2-10(6-11)13-8-15(32-29-13)21(31)28-17-16-12(9-4-5-9)7-14(19(24)25)27-22(16)33-18(17)20(26)30/h1-3,6-7,9,15,19H,4-5,8H2,(H2,26,30)(H,28,31). The minimum absolute atomic E-state index is 0.0605. The SMILES string of the molecule is NC(=O)c1sc2nc(C(F)F)cc(C3CC3)c2c1NC(=O)C1CC(c2cccc(Br)c2)=NO1. The van der Waals surface area contributed by atoms with Crippen molar-refractivity contribution in [2.45, 2.75) is 37.7 Å². The zero-order chi connectivity index (χ0) is 23.3. The molecule has 7 nitrogen and oxygen atoms in total. The van der Waals surface area contributed by atoms with E-state index in [-0.39, 0.29) is 33.4 Å². The van der Waals surface area contributed by atoms with Gasteiger partial charge < -0.3 is 15.9 Å². The first-order valence-electron chi connectivity index (χ1n) is 10.2. The van der Waals surface area contributed by atoms with Crippen LogP contribution in [0.4, 0.5) is 14.5 Å². The van der Waals surface area contributed by atoms with E-state index in [1.807, 2.05) is 24.3 Å². The molecule has 11 heteroatoms. The summed E-state index contributed by atoms with van der Waals surface area (Å²) in [6, 6.07) is 8.82. The van der Waals surface area contributed by atoms with Crippen molar-refractivity contribution in [2.75, 3.05) is 5.32 Å². The highest BCUT2D eigenvalue weighted by molar-refractivity contribution is 9.10. The van der Waals surface area contributed by atoms with Crippen LogP contribution in [0.3, 0.4) is 0 Å². The van der Waals surface area contributed by atoms with Crippen molar-refractivity contribution >= 4 is 60.7 Å². The molecule has 1 aliphatic carbocycles. The second kappa shape index (κ2) is 8.45. The molecule has 2 amide bonds. The van der Waals surface area contributed by atoms with Gasteiger partial charge in [-0.25, -0.2) is 13.8 Å². The monoisotopic (exact) mass is 534 g/mol. The number of fused-ring (bicyclic) bond motifs is 1. The average Bonchev–Trinajstić information content (AvgIpc) is 3.38. The Morgan fingerprint density at radius 3 is 2.73 bits per heavy atom. The fourth-order valence-electron chi connectivity index (χ4n) is 3.83. The van der Waals surface area contributed by atoms with Crippen LogP contribution in [-0.4, -0.2) is 28.6 Å². The molecule has 170 valence electrons. The molecule has 1 saturated carbocycles. The lowest BCUT2D eigenvalue weighted by Crippen LogP contribution is -2.29. The van der Waals surface area contributed by atoms with Crippen molar-refractivity contribution < 1.29 is 23.2 Å². The number of benzene rings is 1. The summed E-state index contributed by atoms with van der Waals surface area (Å²) in [5.74, 6) is -1.20. The maximum Gasteiger partial charge on any atom is 0.280 e. The molecule has 0 spiro atoms. The number of nitrogens with zero attached hydrogens (tertiary/aromatic N) is 2. The fourth-order valence-corrected chi connectivity index (χ4v) is 5.25. The van der Waals surface area contributed by atoms with Crippen molar-refractivity contribution in [3.63, 3.8) is 0 Å². The van der Waals surface area contributed by atoms with Gasteiger partial charge >= 0.3 is 0 Å². The van der Waals surface area contributed by atoms with E-state index in [1.54, 1.807) is 0 Å². The minimum atomic E-state index is -2.75. The molecule has 1 aromatic carbocycles. The van der Waals surface area contributed by atoms with E-state index < -0.39 is 24.3 Å². The lowest BCUT2D eigenvalue weighted by molar-refractivity contribution is -0.125. The molecular weight excluding hydrogens is 518 g/mol. The number of aromatic nitrogens is 1. The fraction of sp³-hybridized carbons (Fsp3) is 0.273. The number of anilines is 1. The van der Waals surface area contributed by atoms with E-state index in [4.69, 9.17) is 10.6 Å². The number of halogens is 3.